The summed E-state index contributed by atoms with van der Waals surface area (Å²) in [5.41, 5.74) is 1.85. The van der Waals surface area contributed by atoms with Gasteiger partial charge in [0.25, 0.3) is 0 Å². The molecule has 0 aliphatic heterocycles. The maximum atomic E-state index is 12.0. The third-order valence-corrected chi connectivity index (χ3v) is 2.43. The van der Waals surface area contributed by atoms with Gasteiger partial charge in [0, 0.05) is 12.7 Å². The Labute approximate surface area is 91.3 Å². The molecule has 82 valence electrons. The molecule has 0 aromatic heterocycles. The van der Waals surface area contributed by atoms with E-state index >= 15 is 0 Å². The number of Topliss-reactive ketones (excluding diaryl/α,β-unsaturated/α-hetero) is 1. The van der Waals surface area contributed by atoms with Gasteiger partial charge in [-0.05, 0) is 19.4 Å². The lowest BCUT2D eigenvalue weighted by molar-refractivity contribution is 0.0578. The Morgan fingerprint density at radius 3 is 2.73 bits per heavy atom. The number of ketones is 1. The zero-order valence-electron chi connectivity index (χ0n) is 9.62. The zero-order chi connectivity index (χ0) is 11.3. The smallest absolute Gasteiger partial charge is 0.191 e. The van der Waals surface area contributed by atoms with Gasteiger partial charge in [-0.2, -0.15) is 0 Å². The molecule has 0 amide bonds. The van der Waals surface area contributed by atoms with Gasteiger partial charge in [-0.15, -0.1) is 0 Å². The van der Waals surface area contributed by atoms with E-state index in [1.54, 1.807) is 7.11 Å². The van der Waals surface area contributed by atoms with E-state index in [-0.39, 0.29) is 11.9 Å². The fourth-order valence-corrected chi connectivity index (χ4v) is 1.60. The van der Waals surface area contributed by atoms with Crippen molar-refractivity contribution in [1.29, 1.82) is 0 Å². The second kappa shape index (κ2) is 5.66. The molecule has 1 rings (SSSR count). The van der Waals surface area contributed by atoms with Gasteiger partial charge in [0.05, 0.1) is 0 Å². The second-order valence-electron chi connectivity index (χ2n) is 3.75. The number of hydrogen-bond donors (Lipinski definition) is 0. The van der Waals surface area contributed by atoms with Gasteiger partial charge >= 0.3 is 0 Å². The number of ether oxygens (including phenoxy) is 1. The second-order valence-corrected chi connectivity index (χ2v) is 3.75. The van der Waals surface area contributed by atoms with E-state index in [9.17, 15) is 4.79 Å². The minimum Gasteiger partial charge on any atom is -0.373 e. The monoisotopic (exact) mass is 206 g/mol. The van der Waals surface area contributed by atoms with Gasteiger partial charge in [-0.25, -0.2) is 0 Å². The van der Waals surface area contributed by atoms with Crippen molar-refractivity contribution in [1.82, 2.24) is 0 Å². The summed E-state index contributed by atoms with van der Waals surface area (Å²) in [5.74, 6) is 0.0862. The standard InChI is InChI=1S/C13H18O2/c1-4-6-12(15-3)13(14)11-8-5-7-10(2)9-11/h5,7-9,12H,4,6H2,1-3H3. The average molecular weight is 206 g/mol. The Kier molecular flexibility index (Phi) is 4.50. The SMILES string of the molecule is CCCC(OC)C(=O)c1cccc(C)c1. The number of methoxy groups -OCH3 is 1. The molecule has 1 unspecified atom stereocenters. The summed E-state index contributed by atoms with van der Waals surface area (Å²) in [6.07, 6.45) is 1.44. The topological polar surface area (TPSA) is 26.3 Å². The van der Waals surface area contributed by atoms with E-state index in [1.165, 1.54) is 0 Å². The minimum absolute atomic E-state index is 0.0862. The number of carbonyl (C=O) groups is 1. The van der Waals surface area contributed by atoms with Crippen LogP contribution in [-0.4, -0.2) is 19.0 Å². The van der Waals surface area contributed by atoms with Crippen LogP contribution in [0.1, 0.15) is 35.7 Å². The number of carbonyl (C=O) groups excluding carboxylic acids is 1. The van der Waals surface area contributed by atoms with E-state index in [0.29, 0.717) is 0 Å². The lowest BCUT2D eigenvalue weighted by Crippen LogP contribution is -2.22. The first-order valence-electron chi connectivity index (χ1n) is 5.32. The van der Waals surface area contributed by atoms with Crippen molar-refractivity contribution in [3.63, 3.8) is 0 Å². The van der Waals surface area contributed by atoms with Crippen LogP contribution in [0.3, 0.4) is 0 Å². The summed E-state index contributed by atoms with van der Waals surface area (Å²) in [6.45, 7) is 4.04. The first-order valence-corrected chi connectivity index (χ1v) is 5.32. The molecule has 1 aromatic rings. The van der Waals surface area contributed by atoms with Crippen LogP contribution in [0, 0.1) is 6.92 Å². The number of rotatable bonds is 5. The fraction of sp³-hybridized carbons (Fsp3) is 0.462. The van der Waals surface area contributed by atoms with Crippen LogP contribution in [0.5, 0.6) is 0 Å². The Bertz CT molecular complexity index is 331. The molecule has 0 radical (unpaired) electrons. The summed E-state index contributed by atoms with van der Waals surface area (Å²) < 4.78 is 5.20. The molecule has 15 heavy (non-hydrogen) atoms. The maximum Gasteiger partial charge on any atom is 0.191 e. The van der Waals surface area contributed by atoms with Crippen LogP contribution in [0.2, 0.25) is 0 Å². The molecule has 0 saturated carbocycles. The van der Waals surface area contributed by atoms with Crippen molar-refractivity contribution >= 4 is 5.78 Å². The summed E-state index contributed by atoms with van der Waals surface area (Å²) in [4.78, 5) is 12.0. The Hall–Kier alpha value is -1.15. The van der Waals surface area contributed by atoms with E-state index in [1.807, 2.05) is 31.2 Å². The molecule has 2 heteroatoms. The van der Waals surface area contributed by atoms with Crippen molar-refractivity contribution in [2.45, 2.75) is 32.8 Å². The Balaban J connectivity index is 2.82. The molecule has 0 saturated heterocycles. The van der Waals surface area contributed by atoms with E-state index in [2.05, 4.69) is 6.92 Å². The van der Waals surface area contributed by atoms with Crippen LogP contribution in [-0.2, 0) is 4.74 Å². The molecular formula is C13H18O2. The summed E-state index contributed by atoms with van der Waals surface area (Å²) in [6, 6.07) is 7.64. The molecule has 0 fully saturated rings. The van der Waals surface area contributed by atoms with Crippen LogP contribution in [0.4, 0.5) is 0 Å². The first kappa shape index (κ1) is 11.9. The maximum absolute atomic E-state index is 12.0. The van der Waals surface area contributed by atoms with E-state index in [0.717, 1.165) is 24.0 Å². The van der Waals surface area contributed by atoms with Gasteiger partial charge in [0.2, 0.25) is 0 Å². The molecular weight excluding hydrogens is 188 g/mol. The third-order valence-electron chi connectivity index (χ3n) is 2.43. The van der Waals surface area contributed by atoms with Gasteiger partial charge < -0.3 is 4.74 Å². The van der Waals surface area contributed by atoms with Crippen molar-refractivity contribution in [3.8, 4) is 0 Å². The summed E-state index contributed by atoms with van der Waals surface area (Å²) in [5, 5.41) is 0. The fourth-order valence-electron chi connectivity index (χ4n) is 1.60. The molecule has 0 aliphatic rings. The first-order chi connectivity index (χ1) is 7.19. The zero-order valence-corrected chi connectivity index (χ0v) is 9.62. The lowest BCUT2D eigenvalue weighted by Gasteiger charge is -2.13. The lowest BCUT2D eigenvalue weighted by atomic mass is 10.0. The van der Waals surface area contributed by atoms with Crippen molar-refractivity contribution in [3.05, 3.63) is 35.4 Å². The number of aryl methyl sites for hydroxylation is 1. The van der Waals surface area contributed by atoms with Gasteiger partial charge in [-0.1, -0.05) is 37.1 Å². The Morgan fingerprint density at radius 2 is 2.20 bits per heavy atom. The predicted octanol–water partition coefficient (Wildman–Crippen LogP) is 2.99. The van der Waals surface area contributed by atoms with Crippen LogP contribution in [0.25, 0.3) is 0 Å². The Morgan fingerprint density at radius 1 is 1.47 bits per heavy atom. The van der Waals surface area contributed by atoms with Crippen LogP contribution in [0.15, 0.2) is 24.3 Å². The molecule has 0 bridgehead atoms. The summed E-state index contributed by atoms with van der Waals surface area (Å²) in [7, 11) is 1.59. The molecule has 0 N–H and O–H groups in total. The molecule has 0 heterocycles. The minimum atomic E-state index is -0.295. The average Bonchev–Trinajstić information content (AvgIpc) is 2.25. The number of hydrogen-bond acceptors (Lipinski definition) is 2. The van der Waals surface area contributed by atoms with Crippen LogP contribution >= 0.6 is 0 Å². The molecule has 0 spiro atoms. The third kappa shape index (κ3) is 3.17. The quantitative estimate of drug-likeness (QED) is 0.692. The predicted molar refractivity (Wildman–Crippen MR) is 61.2 cm³/mol. The van der Waals surface area contributed by atoms with Gasteiger partial charge in [0.1, 0.15) is 6.10 Å². The highest BCUT2D eigenvalue weighted by Crippen LogP contribution is 2.12. The van der Waals surface area contributed by atoms with Crippen molar-refractivity contribution < 1.29 is 9.53 Å². The van der Waals surface area contributed by atoms with Gasteiger partial charge in [0.15, 0.2) is 5.78 Å². The molecule has 0 aliphatic carbocycles. The molecule has 1 atom stereocenters. The highest BCUT2D eigenvalue weighted by molar-refractivity contribution is 5.99. The largest absolute Gasteiger partial charge is 0.373 e. The summed E-state index contributed by atoms with van der Waals surface area (Å²) >= 11 is 0. The van der Waals surface area contributed by atoms with Crippen LogP contribution < -0.4 is 0 Å². The van der Waals surface area contributed by atoms with Gasteiger partial charge in [-0.3, -0.25) is 4.79 Å². The molecule has 2 nitrogen and oxygen atoms in total. The molecule has 1 aromatic carbocycles. The van der Waals surface area contributed by atoms with E-state index < -0.39 is 0 Å². The highest BCUT2D eigenvalue weighted by atomic mass is 16.5. The van der Waals surface area contributed by atoms with Crippen molar-refractivity contribution in [2.24, 2.45) is 0 Å². The normalized spacial score (nSPS) is 12.5. The van der Waals surface area contributed by atoms with Crippen molar-refractivity contribution in [2.75, 3.05) is 7.11 Å². The highest BCUT2D eigenvalue weighted by Gasteiger charge is 2.18. The number of benzene rings is 1. The van der Waals surface area contributed by atoms with E-state index in [4.69, 9.17) is 4.74 Å².